The van der Waals surface area contributed by atoms with E-state index < -0.39 is 0 Å². The van der Waals surface area contributed by atoms with Gasteiger partial charge in [0.1, 0.15) is 4.99 Å². The van der Waals surface area contributed by atoms with Crippen LogP contribution in [0, 0.1) is 0 Å². The predicted octanol–water partition coefficient (Wildman–Crippen LogP) is 2.35. The Hall–Kier alpha value is -1.94. The molecule has 1 heterocycles. The molecule has 0 aliphatic heterocycles. The van der Waals surface area contributed by atoms with Crippen LogP contribution in [0.5, 0.6) is 0 Å². The molecule has 2 rings (SSSR count). The molecular formula is C14H15N3S. The van der Waals surface area contributed by atoms with Gasteiger partial charge in [0.25, 0.3) is 0 Å². The van der Waals surface area contributed by atoms with Crippen molar-refractivity contribution < 1.29 is 0 Å². The number of aromatic nitrogens is 1. The average molecular weight is 257 g/mol. The summed E-state index contributed by atoms with van der Waals surface area (Å²) in [5.41, 5.74) is 8.83. The van der Waals surface area contributed by atoms with E-state index in [0.29, 0.717) is 4.99 Å². The van der Waals surface area contributed by atoms with Crippen LogP contribution < -0.4 is 10.6 Å². The Morgan fingerprint density at radius 3 is 2.72 bits per heavy atom. The van der Waals surface area contributed by atoms with Gasteiger partial charge in [0, 0.05) is 37.2 Å². The second-order valence-corrected chi connectivity index (χ2v) is 4.54. The maximum absolute atomic E-state index is 5.74. The fourth-order valence-electron chi connectivity index (χ4n) is 1.87. The molecule has 0 saturated heterocycles. The first-order chi connectivity index (χ1) is 8.68. The monoisotopic (exact) mass is 257 g/mol. The van der Waals surface area contributed by atoms with Gasteiger partial charge in [-0.05, 0) is 23.8 Å². The van der Waals surface area contributed by atoms with Crippen LogP contribution in [0.25, 0.3) is 0 Å². The van der Waals surface area contributed by atoms with Crippen molar-refractivity contribution in [2.45, 2.75) is 6.54 Å². The lowest BCUT2D eigenvalue weighted by Crippen LogP contribution is -2.21. The van der Waals surface area contributed by atoms with Gasteiger partial charge in [0.15, 0.2) is 0 Å². The molecule has 0 unspecified atom stereocenters. The van der Waals surface area contributed by atoms with E-state index in [4.69, 9.17) is 18.0 Å². The normalized spacial score (nSPS) is 10.1. The minimum atomic E-state index is 0.420. The van der Waals surface area contributed by atoms with E-state index in [1.807, 2.05) is 49.6 Å². The number of hydrogen-bond donors (Lipinski definition) is 1. The van der Waals surface area contributed by atoms with E-state index in [2.05, 4.69) is 9.88 Å². The molecule has 0 atom stereocenters. The minimum absolute atomic E-state index is 0.420. The molecule has 0 aliphatic rings. The second-order valence-electron chi connectivity index (χ2n) is 4.10. The van der Waals surface area contributed by atoms with Gasteiger partial charge in [-0.1, -0.05) is 30.4 Å². The molecule has 1 aromatic heterocycles. The Balaban J connectivity index is 2.24. The molecule has 4 heteroatoms. The molecule has 0 fully saturated rings. The van der Waals surface area contributed by atoms with Crippen LogP contribution in [0.4, 0.5) is 5.69 Å². The number of nitrogens with zero attached hydrogens (tertiary/aromatic N) is 2. The van der Waals surface area contributed by atoms with Crippen molar-refractivity contribution in [3.8, 4) is 0 Å². The Kier molecular flexibility index (Phi) is 3.89. The third-order valence-corrected chi connectivity index (χ3v) is 2.94. The van der Waals surface area contributed by atoms with Crippen LogP contribution in [0.3, 0.4) is 0 Å². The largest absolute Gasteiger partial charge is 0.389 e. The van der Waals surface area contributed by atoms with Gasteiger partial charge in [0.2, 0.25) is 0 Å². The molecular weight excluding hydrogens is 242 g/mol. The van der Waals surface area contributed by atoms with E-state index in [1.165, 1.54) is 0 Å². The Labute approximate surface area is 112 Å². The number of anilines is 1. The minimum Gasteiger partial charge on any atom is -0.389 e. The van der Waals surface area contributed by atoms with Crippen molar-refractivity contribution in [2.75, 3.05) is 11.9 Å². The van der Waals surface area contributed by atoms with Gasteiger partial charge in [-0.25, -0.2) is 0 Å². The summed E-state index contributed by atoms with van der Waals surface area (Å²) in [5, 5.41) is 0. The summed E-state index contributed by atoms with van der Waals surface area (Å²) in [7, 11) is 2.02. The quantitative estimate of drug-likeness (QED) is 0.854. The van der Waals surface area contributed by atoms with Gasteiger partial charge in [-0.2, -0.15) is 0 Å². The molecule has 2 N–H and O–H groups in total. The van der Waals surface area contributed by atoms with Crippen molar-refractivity contribution in [2.24, 2.45) is 5.73 Å². The molecule has 2 aromatic rings. The SMILES string of the molecule is CN(Cc1cccnc1)c1ccccc1C(N)=S. The molecule has 18 heavy (non-hydrogen) atoms. The topological polar surface area (TPSA) is 42.2 Å². The lowest BCUT2D eigenvalue weighted by molar-refractivity contribution is 0.914. The molecule has 0 radical (unpaired) electrons. The first-order valence-corrected chi connectivity index (χ1v) is 6.08. The maximum Gasteiger partial charge on any atom is 0.106 e. The Morgan fingerprint density at radius 2 is 2.06 bits per heavy atom. The highest BCUT2D eigenvalue weighted by molar-refractivity contribution is 7.80. The van der Waals surface area contributed by atoms with E-state index in [-0.39, 0.29) is 0 Å². The summed E-state index contributed by atoms with van der Waals surface area (Å²) in [6.45, 7) is 0.771. The van der Waals surface area contributed by atoms with Crippen LogP contribution in [-0.2, 0) is 6.54 Å². The zero-order valence-electron chi connectivity index (χ0n) is 10.2. The smallest absolute Gasteiger partial charge is 0.106 e. The van der Waals surface area contributed by atoms with E-state index in [0.717, 1.165) is 23.4 Å². The highest BCUT2D eigenvalue weighted by Gasteiger charge is 2.09. The van der Waals surface area contributed by atoms with E-state index in [9.17, 15) is 0 Å². The lowest BCUT2D eigenvalue weighted by atomic mass is 10.1. The molecule has 0 spiro atoms. The Morgan fingerprint density at radius 1 is 1.28 bits per heavy atom. The fourth-order valence-corrected chi connectivity index (χ4v) is 2.04. The standard InChI is InChI=1S/C14H15N3S/c1-17(10-11-5-4-8-16-9-11)13-7-3-2-6-12(13)14(15)18/h2-9H,10H2,1H3,(H2,15,18). The second kappa shape index (κ2) is 5.60. The molecule has 0 saturated carbocycles. The molecule has 3 nitrogen and oxygen atoms in total. The van der Waals surface area contributed by atoms with Crippen molar-refractivity contribution in [1.82, 2.24) is 4.98 Å². The number of rotatable bonds is 4. The van der Waals surface area contributed by atoms with E-state index in [1.54, 1.807) is 6.20 Å². The summed E-state index contributed by atoms with van der Waals surface area (Å²) in [5.74, 6) is 0. The zero-order valence-corrected chi connectivity index (χ0v) is 11.0. The average Bonchev–Trinajstić information content (AvgIpc) is 2.40. The summed E-state index contributed by atoms with van der Waals surface area (Å²) >= 11 is 5.07. The fraction of sp³-hybridized carbons (Fsp3) is 0.143. The molecule has 92 valence electrons. The summed E-state index contributed by atoms with van der Waals surface area (Å²) < 4.78 is 0. The van der Waals surface area contributed by atoms with Gasteiger partial charge < -0.3 is 10.6 Å². The van der Waals surface area contributed by atoms with Crippen molar-refractivity contribution in [3.63, 3.8) is 0 Å². The van der Waals surface area contributed by atoms with Crippen LogP contribution in [-0.4, -0.2) is 17.0 Å². The molecule has 1 aromatic carbocycles. The van der Waals surface area contributed by atoms with Crippen LogP contribution in [0.2, 0.25) is 0 Å². The van der Waals surface area contributed by atoms with Crippen molar-refractivity contribution >= 4 is 22.9 Å². The molecule has 0 bridgehead atoms. The number of thiocarbonyl (C=S) groups is 1. The van der Waals surface area contributed by atoms with Crippen LogP contribution in [0.1, 0.15) is 11.1 Å². The first-order valence-electron chi connectivity index (χ1n) is 5.67. The number of para-hydroxylation sites is 1. The number of benzene rings is 1. The highest BCUT2D eigenvalue weighted by Crippen LogP contribution is 2.20. The maximum atomic E-state index is 5.74. The summed E-state index contributed by atoms with van der Waals surface area (Å²) in [6, 6.07) is 11.9. The predicted molar refractivity (Wildman–Crippen MR) is 78.7 cm³/mol. The van der Waals surface area contributed by atoms with Gasteiger partial charge >= 0.3 is 0 Å². The van der Waals surface area contributed by atoms with Gasteiger partial charge in [-0.3, -0.25) is 4.98 Å². The van der Waals surface area contributed by atoms with Gasteiger partial charge in [-0.15, -0.1) is 0 Å². The molecule has 0 aliphatic carbocycles. The number of hydrogen-bond acceptors (Lipinski definition) is 3. The number of pyridine rings is 1. The van der Waals surface area contributed by atoms with Crippen LogP contribution in [0.15, 0.2) is 48.8 Å². The third-order valence-electron chi connectivity index (χ3n) is 2.72. The molecule has 0 amide bonds. The van der Waals surface area contributed by atoms with E-state index >= 15 is 0 Å². The van der Waals surface area contributed by atoms with Gasteiger partial charge in [0.05, 0.1) is 0 Å². The summed E-state index contributed by atoms with van der Waals surface area (Å²) in [6.07, 6.45) is 3.63. The highest BCUT2D eigenvalue weighted by atomic mass is 32.1. The lowest BCUT2D eigenvalue weighted by Gasteiger charge is -2.22. The van der Waals surface area contributed by atoms with Crippen molar-refractivity contribution in [3.05, 3.63) is 59.9 Å². The summed E-state index contributed by atoms with van der Waals surface area (Å²) in [4.78, 5) is 6.65. The number of nitrogens with two attached hydrogens (primary N) is 1. The first kappa shape index (κ1) is 12.5. The third kappa shape index (κ3) is 2.84. The zero-order chi connectivity index (χ0) is 13.0. The Bertz CT molecular complexity index is 540. The van der Waals surface area contributed by atoms with Crippen molar-refractivity contribution in [1.29, 1.82) is 0 Å². The van der Waals surface area contributed by atoms with Crippen LogP contribution >= 0.6 is 12.2 Å².